The number of nitrogen functional groups attached to an aromatic ring is 1. The Morgan fingerprint density at radius 2 is 2.12 bits per heavy atom. The van der Waals surface area contributed by atoms with Gasteiger partial charge in [0.05, 0.1) is 24.1 Å². The summed E-state index contributed by atoms with van der Waals surface area (Å²) in [5.41, 5.74) is 7.07. The number of anilines is 1. The topological polar surface area (TPSA) is 86.5 Å². The summed E-state index contributed by atoms with van der Waals surface area (Å²) in [5, 5.41) is 2.98. The van der Waals surface area contributed by atoms with Crippen molar-refractivity contribution in [2.45, 2.75) is 71.3 Å². The number of carbonyl (C=O) groups is 1. The van der Waals surface area contributed by atoms with E-state index in [4.69, 9.17) is 15.2 Å². The van der Waals surface area contributed by atoms with Gasteiger partial charge in [-0.2, -0.15) is 0 Å². The number of nitrogens with two attached hydrogens (primary N) is 1. The van der Waals surface area contributed by atoms with Gasteiger partial charge in [-0.25, -0.2) is 4.79 Å². The summed E-state index contributed by atoms with van der Waals surface area (Å²) >= 11 is 0. The van der Waals surface area contributed by atoms with Crippen LogP contribution in [0.15, 0.2) is 18.5 Å². The summed E-state index contributed by atoms with van der Waals surface area (Å²) in [4.78, 5) is 16.1. The van der Waals surface area contributed by atoms with E-state index in [-0.39, 0.29) is 18.2 Å². The highest BCUT2D eigenvalue weighted by Crippen LogP contribution is 2.36. The highest BCUT2D eigenvalue weighted by Gasteiger charge is 2.34. The zero-order chi connectivity index (χ0) is 17.9. The zero-order valence-corrected chi connectivity index (χ0v) is 15.2. The van der Waals surface area contributed by atoms with Gasteiger partial charge in [-0.3, -0.25) is 4.98 Å². The van der Waals surface area contributed by atoms with Crippen LogP contribution >= 0.6 is 0 Å². The van der Waals surface area contributed by atoms with Gasteiger partial charge >= 0.3 is 6.09 Å². The molecule has 1 fully saturated rings. The molecule has 3 atom stereocenters. The number of aromatic nitrogens is 1. The van der Waals surface area contributed by atoms with Crippen LogP contribution in [-0.4, -0.2) is 28.8 Å². The number of carbonyl (C=O) groups excluding carboxylic acids is 1. The average molecular weight is 335 g/mol. The molecule has 6 nitrogen and oxygen atoms in total. The highest BCUT2D eigenvalue weighted by molar-refractivity contribution is 5.68. The first kappa shape index (κ1) is 18.5. The largest absolute Gasteiger partial charge is 0.444 e. The van der Waals surface area contributed by atoms with Crippen LogP contribution in [0.3, 0.4) is 0 Å². The first-order chi connectivity index (χ1) is 11.2. The zero-order valence-electron chi connectivity index (χ0n) is 15.2. The Hall–Kier alpha value is -1.82. The molecule has 2 rings (SSSR count). The lowest BCUT2D eigenvalue weighted by Gasteiger charge is -2.38. The third-order valence-corrected chi connectivity index (χ3v) is 4.05. The molecule has 0 spiro atoms. The molecular weight excluding hydrogens is 306 g/mol. The van der Waals surface area contributed by atoms with Crippen molar-refractivity contribution in [3.05, 3.63) is 24.0 Å². The Bertz CT molecular complexity index is 569. The Morgan fingerprint density at radius 1 is 1.42 bits per heavy atom. The van der Waals surface area contributed by atoms with Crippen LogP contribution in [0.1, 0.15) is 59.1 Å². The lowest BCUT2D eigenvalue weighted by molar-refractivity contribution is -0.0833. The van der Waals surface area contributed by atoms with Crippen LogP contribution in [0.5, 0.6) is 0 Å². The van der Waals surface area contributed by atoms with Gasteiger partial charge < -0.3 is 20.5 Å². The predicted octanol–water partition coefficient (Wildman–Crippen LogP) is 3.43. The number of rotatable bonds is 3. The maximum atomic E-state index is 12.1. The minimum absolute atomic E-state index is 0.0152. The van der Waals surface area contributed by atoms with Gasteiger partial charge in [-0.1, -0.05) is 13.8 Å². The van der Waals surface area contributed by atoms with E-state index in [1.165, 1.54) is 0 Å². The molecule has 0 unspecified atom stereocenters. The summed E-state index contributed by atoms with van der Waals surface area (Å²) in [6, 6.07) is 1.87. The standard InChI is InChI=1S/C18H29N3O3/c1-11(2)15-8-12(21-17(22)24-18(3,4)5)9-16(23-15)13-6-7-20-10-14(13)19/h6-7,10-12,15-16H,8-9,19H2,1-5H3,(H,21,22)/t12-,15-,16+/m1/s1. The predicted molar refractivity (Wildman–Crippen MR) is 93.5 cm³/mol. The molecule has 6 heteroatoms. The third kappa shape index (κ3) is 5.09. The fourth-order valence-electron chi connectivity index (χ4n) is 2.89. The van der Waals surface area contributed by atoms with Crippen LogP contribution in [0.4, 0.5) is 10.5 Å². The van der Waals surface area contributed by atoms with Crippen molar-refractivity contribution in [3.63, 3.8) is 0 Å². The van der Waals surface area contributed by atoms with Crippen LogP contribution in [0.2, 0.25) is 0 Å². The monoisotopic (exact) mass is 335 g/mol. The molecule has 0 saturated carbocycles. The van der Waals surface area contributed by atoms with Gasteiger partial charge in [-0.15, -0.1) is 0 Å². The van der Waals surface area contributed by atoms with Gasteiger partial charge in [-0.05, 0) is 45.6 Å². The summed E-state index contributed by atoms with van der Waals surface area (Å²) < 4.78 is 11.6. The van der Waals surface area contributed by atoms with Gasteiger partial charge in [0, 0.05) is 17.8 Å². The van der Waals surface area contributed by atoms with E-state index >= 15 is 0 Å². The van der Waals surface area contributed by atoms with Crippen molar-refractivity contribution in [3.8, 4) is 0 Å². The van der Waals surface area contributed by atoms with Crippen LogP contribution in [-0.2, 0) is 9.47 Å². The maximum Gasteiger partial charge on any atom is 0.407 e. The number of nitrogens with zero attached hydrogens (tertiary/aromatic N) is 1. The normalized spacial score (nSPS) is 24.7. The SMILES string of the molecule is CC(C)[C@H]1C[C@@H](NC(=O)OC(C)(C)C)C[C@@H](c2ccncc2N)O1. The van der Waals surface area contributed by atoms with Crippen molar-refractivity contribution < 1.29 is 14.3 Å². The smallest absolute Gasteiger partial charge is 0.407 e. The van der Waals surface area contributed by atoms with Crippen LogP contribution < -0.4 is 11.1 Å². The van der Waals surface area contributed by atoms with Gasteiger partial charge in [0.2, 0.25) is 0 Å². The molecule has 0 aromatic carbocycles. The van der Waals surface area contributed by atoms with E-state index in [1.807, 2.05) is 26.8 Å². The Balaban J connectivity index is 2.11. The minimum atomic E-state index is -0.512. The number of nitrogens with one attached hydrogen (secondary N) is 1. The Morgan fingerprint density at radius 3 is 2.71 bits per heavy atom. The van der Waals surface area contributed by atoms with E-state index < -0.39 is 11.7 Å². The number of pyridine rings is 1. The van der Waals surface area contributed by atoms with Crippen molar-refractivity contribution in [2.75, 3.05) is 5.73 Å². The maximum absolute atomic E-state index is 12.1. The fraction of sp³-hybridized carbons (Fsp3) is 0.667. The first-order valence-electron chi connectivity index (χ1n) is 8.50. The van der Waals surface area contributed by atoms with E-state index in [0.29, 0.717) is 18.0 Å². The Kier molecular flexibility index (Phi) is 5.70. The van der Waals surface area contributed by atoms with E-state index in [2.05, 4.69) is 24.1 Å². The number of amides is 1. The second-order valence-electron chi connectivity index (χ2n) is 7.73. The molecule has 1 aliphatic heterocycles. The van der Waals surface area contributed by atoms with Crippen LogP contribution in [0, 0.1) is 5.92 Å². The molecule has 1 saturated heterocycles. The molecule has 134 valence electrons. The molecule has 2 heterocycles. The highest BCUT2D eigenvalue weighted by atomic mass is 16.6. The fourth-order valence-corrected chi connectivity index (χ4v) is 2.89. The molecule has 0 radical (unpaired) electrons. The molecule has 1 aliphatic rings. The summed E-state index contributed by atoms with van der Waals surface area (Å²) in [5.74, 6) is 0.346. The van der Waals surface area contributed by atoms with Gasteiger partial charge in [0.15, 0.2) is 0 Å². The number of hydrogen-bond acceptors (Lipinski definition) is 5. The van der Waals surface area contributed by atoms with E-state index in [0.717, 1.165) is 12.0 Å². The molecule has 0 aliphatic carbocycles. The van der Waals surface area contributed by atoms with Gasteiger partial charge in [0.1, 0.15) is 5.60 Å². The van der Waals surface area contributed by atoms with Crippen molar-refractivity contribution in [2.24, 2.45) is 5.92 Å². The minimum Gasteiger partial charge on any atom is -0.444 e. The second kappa shape index (κ2) is 7.38. The van der Waals surface area contributed by atoms with E-state index in [9.17, 15) is 4.79 Å². The average Bonchev–Trinajstić information content (AvgIpc) is 2.45. The molecular formula is C18H29N3O3. The van der Waals surface area contributed by atoms with E-state index in [1.54, 1.807) is 12.4 Å². The number of alkyl carbamates (subject to hydrolysis) is 1. The van der Waals surface area contributed by atoms with Crippen molar-refractivity contribution >= 4 is 11.8 Å². The molecule has 1 aromatic heterocycles. The van der Waals surface area contributed by atoms with Crippen molar-refractivity contribution in [1.82, 2.24) is 10.3 Å². The van der Waals surface area contributed by atoms with Crippen LogP contribution in [0.25, 0.3) is 0 Å². The Labute approximate surface area is 144 Å². The van der Waals surface area contributed by atoms with Crippen molar-refractivity contribution in [1.29, 1.82) is 0 Å². The molecule has 1 aromatic rings. The summed E-state index contributed by atoms with van der Waals surface area (Å²) in [6.07, 6.45) is 4.27. The molecule has 24 heavy (non-hydrogen) atoms. The quantitative estimate of drug-likeness (QED) is 0.883. The number of ether oxygens (including phenoxy) is 2. The lowest BCUT2D eigenvalue weighted by atomic mass is 9.90. The summed E-state index contributed by atoms with van der Waals surface area (Å²) in [6.45, 7) is 9.80. The molecule has 1 amide bonds. The summed E-state index contributed by atoms with van der Waals surface area (Å²) in [7, 11) is 0. The number of hydrogen-bond donors (Lipinski definition) is 2. The first-order valence-corrected chi connectivity index (χ1v) is 8.50. The molecule has 3 N–H and O–H groups in total. The van der Waals surface area contributed by atoms with Gasteiger partial charge in [0.25, 0.3) is 0 Å². The third-order valence-electron chi connectivity index (χ3n) is 4.05. The lowest BCUT2D eigenvalue weighted by Crippen LogP contribution is -2.46. The molecule has 0 bridgehead atoms. The second-order valence-corrected chi connectivity index (χ2v) is 7.73.